The number of nitrogens with zero attached hydrogens (tertiary/aromatic N) is 2. The second kappa shape index (κ2) is 5.92. The molecule has 1 fully saturated rings. The van der Waals surface area contributed by atoms with Crippen molar-refractivity contribution in [3.63, 3.8) is 0 Å². The summed E-state index contributed by atoms with van der Waals surface area (Å²) in [6.07, 6.45) is 2.54. The minimum atomic E-state index is 0.106. The number of methoxy groups -OCH3 is 1. The summed E-state index contributed by atoms with van der Waals surface area (Å²) in [5.41, 5.74) is 5.54. The predicted molar refractivity (Wildman–Crippen MR) is 59.0 cm³/mol. The Hall–Kier alpha value is -0.810. The van der Waals surface area contributed by atoms with E-state index in [-0.39, 0.29) is 5.92 Å². The van der Waals surface area contributed by atoms with E-state index in [9.17, 15) is 0 Å². The zero-order valence-corrected chi connectivity index (χ0v) is 9.52. The Morgan fingerprint density at radius 1 is 1.60 bits per heavy atom. The zero-order valence-electron chi connectivity index (χ0n) is 9.52. The van der Waals surface area contributed by atoms with Crippen LogP contribution >= 0.6 is 0 Å². The molecule has 0 aromatic carbocycles. The summed E-state index contributed by atoms with van der Waals surface area (Å²) in [4.78, 5) is 2.33. The van der Waals surface area contributed by atoms with Gasteiger partial charge in [-0.1, -0.05) is 12.1 Å². The number of amidine groups is 1. The number of hydrogen-bond donors (Lipinski definition) is 2. The predicted octanol–water partition coefficient (Wildman–Crippen LogP) is 0.480. The maximum absolute atomic E-state index is 8.54. The molecule has 0 spiro atoms. The monoisotopic (exact) mass is 215 g/mol. The molecule has 5 heteroatoms. The maximum Gasteiger partial charge on any atom is 0.143 e. The normalized spacial score (nSPS) is 22.9. The molecule has 1 heterocycles. The average molecular weight is 215 g/mol. The molecule has 1 rings (SSSR count). The van der Waals surface area contributed by atoms with Crippen LogP contribution in [0.1, 0.15) is 19.8 Å². The Balaban J connectivity index is 2.29. The molecule has 0 radical (unpaired) electrons. The van der Waals surface area contributed by atoms with Gasteiger partial charge in [0, 0.05) is 32.7 Å². The molecule has 15 heavy (non-hydrogen) atoms. The minimum absolute atomic E-state index is 0.106. The highest BCUT2D eigenvalue weighted by atomic mass is 16.5. The highest BCUT2D eigenvalue weighted by Crippen LogP contribution is 2.14. The standard InChI is InChI=1S/C10H21N3O2/c1-8(10(11)12-14)7-13-5-3-9(15-2)4-6-13/h8-9,14H,3-7H2,1-2H3,(H2,11,12). The van der Waals surface area contributed by atoms with Gasteiger partial charge in [-0.05, 0) is 12.8 Å². The van der Waals surface area contributed by atoms with Crippen LogP contribution in [-0.2, 0) is 4.74 Å². The molecule has 1 atom stereocenters. The van der Waals surface area contributed by atoms with Gasteiger partial charge >= 0.3 is 0 Å². The van der Waals surface area contributed by atoms with E-state index in [4.69, 9.17) is 15.7 Å². The van der Waals surface area contributed by atoms with Gasteiger partial charge in [0.15, 0.2) is 0 Å². The van der Waals surface area contributed by atoms with Crippen LogP contribution in [0, 0.1) is 5.92 Å². The van der Waals surface area contributed by atoms with Gasteiger partial charge < -0.3 is 20.6 Å². The number of rotatable bonds is 4. The lowest BCUT2D eigenvalue weighted by Gasteiger charge is -2.32. The van der Waals surface area contributed by atoms with Crippen LogP contribution in [-0.4, -0.2) is 48.8 Å². The number of ether oxygens (including phenoxy) is 1. The number of oxime groups is 1. The first-order valence-corrected chi connectivity index (χ1v) is 5.40. The van der Waals surface area contributed by atoms with E-state index in [0.717, 1.165) is 32.5 Å². The molecular weight excluding hydrogens is 194 g/mol. The molecule has 3 N–H and O–H groups in total. The summed E-state index contributed by atoms with van der Waals surface area (Å²) in [7, 11) is 1.76. The van der Waals surface area contributed by atoms with Gasteiger partial charge in [0.1, 0.15) is 5.84 Å². The summed E-state index contributed by atoms with van der Waals surface area (Å²) < 4.78 is 5.30. The second-order valence-corrected chi connectivity index (χ2v) is 4.16. The SMILES string of the molecule is COC1CCN(CC(C)/C(N)=N/O)CC1. The van der Waals surface area contributed by atoms with Crippen LogP contribution in [0.4, 0.5) is 0 Å². The topological polar surface area (TPSA) is 71.1 Å². The third-order valence-electron chi connectivity index (χ3n) is 3.02. The van der Waals surface area contributed by atoms with Gasteiger partial charge in [0.05, 0.1) is 6.10 Å². The van der Waals surface area contributed by atoms with Crippen LogP contribution in [0.15, 0.2) is 5.16 Å². The van der Waals surface area contributed by atoms with E-state index in [1.165, 1.54) is 0 Å². The van der Waals surface area contributed by atoms with Crippen molar-refractivity contribution in [3.05, 3.63) is 0 Å². The zero-order chi connectivity index (χ0) is 11.3. The molecule has 0 amide bonds. The number of likely N-dealkylation sites (tertiary alicyclic amines) is 1. The van der Waals surface area contributed by atoms with Gasteiger partial charge in [-0.25, -0.2) is 0 Å². The lowest BCUT2D eigenvalue weighted by Crippen LogP contribution is -2.41. The fraction of sp³-hybridized carbons (Fsp3) is 0.900. The first-order chi connectivity index (χ1) is 7.17. The summed E-state index contributed by atoms with van der Waals surface area (Å²) in [5, 5.41) is 11.6. The van der Waals surface area contributed by atoms with Crippen molar-refractivity contribution in [1.29, 1.82) is 0 Å². The molecule has 5 nitrogen and oxygen atoms in total. The molecule has 0 bridgehead atoms. The smallest absolute Gasteiger partial charge is 0.143 e. The molecule has 0 aliphatic carbocycles. The summed E-state index contributed by atoms with van der Waals surface area (Å²) in [6.45, 7) is 4.88. The molecule has 0 saturated carbocycles. The van der Waals surface area contributed by atoms with Gasteiger partial charge in [-0.3, -0.25) is 0 Å². The van der Waals surface area contributed by atoms with E-state index >= 15 is 0 Å². The third kappa shape index (κ3) is 3.68. The highest BCUT2D eigenvalue weighted by molar-refractivity contribution is 5.82. The maximum atomic E-state index is 8.54. The molecular formula is C10H21N3O2. The molecule has 1 saturated heterocycles. The first-order valence-electron chi connectivity index (χ1n) is 5.40. The van der Waals surface area contributed by atoms with E-state index in [0.29, 0.717) is 11.9 Å². The Bertz CT molecular complexity index is 213. The lowest BCUT2D eigenvalue weighted by molar-refractivity contribution is 0.0393. The van der Waals surface area contributed by atoms with E-state index in [2.05, 4.69) is 10.1 Å². The Kier molecular flexibility index (Phi) is 4.84. The van der Waals surface area contributed by atoms with Crippen LogP contribution < -0.4 is 5.73 Å². The van der Waals surface area contributed by atoms with Crippen LogP contribution in [0.25, 0.3) is 0 Å². The van der Waals surface area contributed by atoms with Crippen molar-refractivity contribution in [2.45, 2.75) is 25.9 Å². The number of piperidine rings is 1. The first kappa shape index (κ1) is 12.3. The van der Waals surface area contributed by atoms with Crippen molar-refractivity contribution in [1.82, 2.24) is 4.90 Å². The highest BCUT2D eigenvalue weighted by Gasteiger charge is 2.20. The van der Waals surface area contributed by atoms with E-state index in [1.54, 1.807) is 7.11 Å². The third-order valence-corrected chi connectivity index (χ3v) is 3.02. The van der Waals surface area contributed by atoms with E-state index < -0.39 is 0 Å². The average Bonchev–Trinajstić information content (AvgIpc) is 2.29. The summed E-state index contributed by atoms with van der Waals surface area (Å²) in [5.74, 6) is 0.415. The van der Waals surface area contributed by atoms with Gasteiger partial charge in [0.2, 0.25) is 0 Å². The van der Waals surface area contributed by atoms with Gasteiger partial charge in [-0.2, -0.15) is 0 Å². The van der Waals surface area contributed by atoms with Crippen molar-refractivity contribution in [3.8, 4) is 0 Å². The molecule has 88 valence electrons. The van der Waals surface area contributed by atoms with Crippen molar-refractivity contribution < 1.29 is 9.94 Å². The number of hydrogen-bond acceptors (Lipinski definition) is 4. The van der Waals surface area contributed by atoms with Crippen LogP contribution in [0.3, 0.4) is 0 Å². The minimum Gasteiger partial charge on any atom is -0.409 e. The van der Waals surface area contributed by atoms with Gasteiger partial charge in [-0.15, -0.1) is 0 Å². The van der Waals surface area contributed by atoms with Crippen molar-refractivity contribution in [2.24, 2.45) is 16.8 Å². The largest absolute Gasteiger partial charge is 0.409 e. The summed E-state index contributed by atoms with van der Waals surface area (Å²) >= 11 is 0. The molecule has 1 unspecified atom stereocenters. The van der Waals surface area contributed by atoms with Crippen molar-refractivity contribution in [2.75, 3.05) is 26.7 Å². The van der Waals surface area contributed by atoms with Crippen LogP contribution in [0.2, 0.25) is 0 Å². The molecule has 0 aromatic rings. The fourth-order valence-corrected chi connectivity index (χ4v) is 1.91. The Morgan fingerprint density at radius 2 is 2.20 bits per heavy atom. The van der Waals surface area contributed by atoms with Crippen LogP contribution in [0.5, 0.6) is 0 Å². The molecule has 0 aromatic heterocycles. The lowest BCUT2D eigenvalue weighted by atomic mass is 10.1. The Morgan fingerprint density at radius 3 is 2.67 bits per heavy atom. The Labute approximate surface area is 90.9 Å². The molecule has 1 aliphatic rings. The quantitative estimate of drug-likeness (QED) is 0.310. The summed E-state index contributed by atoms with van der Waals surface area (Å²) in [6, 6.07) is 0. The molecule has 1 aliphatic heterocycles. The van der Waals surface area contributed by atoms with E-state index in [1.807, 2.05) is 6.92 Å². The van der Waals surface area contributed by atoms with Gasteiger partial charge in [0.25, 0.3) is 0 Å². The fourth-order valence-electron chi connectivity index (χ4n) is 1.91. The van der Waals surface area contributed by atoms with Crippen molar-refractivity contribution >= 4 is 5.84 Å². The number of nitrogens with two attached hydrogens (primary N) is 1. The second-order valence-electron chi connectivity index (χ2n) is 4.16.